The van der Waals surface area contributed by atoms with Crippen LogP contribution in [-0.4, -0.2) is 55.3 Å². The molecule has 2 amide bonds. The van der Waals surface area contributed by atoms with Gasteiger partial charge in [0.15, 0.2) is 0 Å². The number of carbonyl (C=O) groups is 3. The third kappa shape index (κ3) is 7.37. The zero-order valence-corrected chi connectivity index (χ0v) is 20.0. The molecule has 1 aromatic carbocycles. The van der Waals surface area contributed by atoms with Crippen LogP contribution in [0.1, 0.15) is 46.2 Å². The summed E-state index contributed by atoms with van der Waals surface area (Å²) in [5, 5.41) is 2.59. The molecule has 8 nitrogen and oxygen atoms in total. The second-order valence-electron chi connectivity index (χ2n) is 7.37. The molecule has 0 radical (unpaired) electrons. The second-order valence-corrected chi connectivity index (χ2v) is 8.53. The fourth-order valence-electron chi connectivity index (χ4n) is 2.48. The number of carbonyl (C=O) groups excluding carboxylic acids is 3. The van der Waals surface area contributed by atoms with Gasteiger partial charge in [-0.05, 0) is 74.9 Å². The minimum Gasteiger partial charge on any atom is -0.493 e. The van der Waals surface area contributed by atoms with E-state index in [4.69, 9.17) is 9.47 Å². The Hall–Kier alpha value is -2.04. The molecular weight excluding hydrogens is 491 g/mol. The van der Waals surface area contributed by atoms with E-state index in [0.717, 1.165) is 3.57 Å². The van der Waals surface area contributed by atoms with Crippen molar-refractivity contribution in [1.82, 2.24) is 10.2 Å². The molecule has 0 spiro atoms. The highest BCUT2D eigenvalue weighted by atomic mass is 127. The summed E-state index contributed by atoms with van der Waals surface area (Å²) in [5.41, 5.74) is -0.167. The first-order valence-electron chi connectivity index (χ1n) is 9.17. The molecule has 0 aliphatic heterocycles. The van der Waals surface area contributed by atoms with Gasteiger partial charge in [-0.3, -0.25) is 9.69 Å². The van der Waals surface area contributed by atoms with Crippen molar-refractivity contribution in [3.63, 3.8) is 0 Å². The molecule has 29 heavy (non-hydrogen) atoms. The van der Waals surface area contributed by atoms with Gasteiger partial charge < -0.3 is 19.5 Å². The molecule has 2 atom stereocenters. The van der Waals surface area contributed by atoms with E-state index in [1.807, 2.05) is 6.92 Å². The van der Waals surface area contributed by atoms with E-state index in [2.05, 4.69) is 32.6 Å². The van der Waals surface area contributed by atoms with Crippen molar-refractivity contribution in [3.05, 3.63) is 27.3 Å². The Bertz CT molecular complexity index is 747. The highest BCUT2D eigenvalue weighted by Gasteiger charge is 2.33. The van der Waals surface area contributed by atoms with Crippen LogP contribution in [0.3, 0.4) is 0 Å². The molecular formula is C20H29IN2O6. The molecule has 1 aromatic rings. The first kappa shape index (κ1) is 25.0. The maximum absolute atomic E-state index is 13.0. The lowest BCUT2D eigenvalue weighted by Crippen LogP contribution is -2.47. The Kier molecular flexibility index (Phi) is 9.18. The number of rotatable bonds is 7. The molecule has 1 N–H and O–H groups in total. The van der Waals surface area contributed by atoms with E-state index in [0.29, 0.717) is 17.9 Å². The SMILES string of the molecule is CCOc1ccc([C@@H](C(=O)N[C@@H](C)C(=O)OC)N(C)C(=O)OC(C)(C)C)cc1I. The maximum atomic E-state index is 13.0. The minimum absolute atomic E-state index is 0.508. The molecule has 9 heteroatoms. The Morgan fingerprint density at radius 3 is 2.34 bits per heavy atom. The van der Waals surface area contributed by atoms with Crippen LogP contribution in [0.25, 0.3) is 0 Å². The van der Waals surface area contributed by atoms with Crippen LogP contribution in [0.4, 0.5) is 4.79 Å². The van der Waals surface area contributed by atoms with Crippen molar-refractivity contribution in [2.45, 2.75) is 52.3 Å². The van der Waals surface area contributed by atoms with Crippen molar-refractivity contribution < 1.29 is 28.6 Å². The van der Waals surface area contributed by atoms with Crippen LogP contribution in [0.5, 0.6) is 5.75 Å². The fraction of sp³-hybridized carbons (Fsp3) is 0.550. The lowest BCUT2D eigenvalue weighted by Gasteiger charge is -2.31. The van der Waals surface area contributed by atoms with Gasteiger partial charge >= 0.3 is 12.1 Å². The third-order valence-electron chi connectivity index (χ3n) is 3.80. The van der Waals surface area contributed by atoms with Gasteiger partial charge in [0.05, 0.1) is 17.3 Å². The van der Waals surface area contributed by atoms with Crippen LogP contribution in [0, 0.1) is 3.57 Å². The second kappa shape index (κ2) is 10.7. The van der Waals surface area contributed by atoms with Crippen molar-refractivity contribution in [1.29, 1.82) is 0 Å². The van der Waals surface area contributed by atoms with E-state index in [9.17, 15) is 14.4 Å². The van der Waals surface area contributed by atoms with Gasteiger partial charge in [-0.15, -0.1) is 0 Å². The predicted molar refractivity (Wildman–Crippen MR) is 117 cm³/mol. The van der Waals surface area contributed by atoms with Crippen molar-refractivity contribution in [2.24, 2.45) is 0 Å². The summed E-state index contributed by atoms with van der Waals surface area (Å²) in [6.45, 7) is 9.13. The summed E-state index contributed by atoms with van der Waals surface area (Å²) in [6.07, 6.45) is -0.660. The highest BCUT2D eigenvalue weighted by Crippen LogP contribution is 2.29. The van der Waals surface area contributed by atoms with Crippen LogP contribution in [-0.2, 0) is 19.1 Å². The number of amides is 2. The van der Waals surface area contributed by atoms with Crippen LogP contribution >= 0.6 is 22.6 Å². The van der Waals surface area contributed by atoms with Crippen molar-refractivity contribution >= 4 is 40.6 Å². The molecule has 1 rings (SSSR count). The maximum Gasteiger partial charge on any atom is 0.410 e. The van der Waals surface area contributed by atoms with Crippen LogP contribution in [0.2, 0.25) is 0 Å². The summed E-state index contributed by atoms with van der Waals surface area (Å²) < 4.78 is 16.4. The van der Waals surface area contributed by atoms with Gasteiger partial charge in [0.25, 0.3) is 0 Å². The summed E-state index contributed by atoms with van der Waals surface area (Å²) in [4.78, 5) is 38.5. The Morgan fingerprint density at radius 2 is 1.86 bits per heavy atom. The van der Waals surface area contributed by atoms with Gasteiger partial charge in [-0.25, -0.2) is 9.59 Å². The number of ether oxygens (including phenoxy) is 3. The zero-order chi connectivity index (χ0) is 22.4. The predicted octanol–water partition coefficient (Wildman–Crippen LogP) is 3.28. The molecule has 0 unspecified atom stereocenters. The Labute approximate surface area is 185 Å². The standard InChI is InChI=1S/C20H29IN2O6/c1-8-28-15-10-9-13(11-14(15)21)16(17(24)22-12(2)18(25)27-7)23(6)19(26)29-20(3,4)5/h9-12,16H,8H2,1-7H3,(H,22,24)/t12-,16-/m0/s1. The largest absolute Gasteiger partial charge is 0.493 e. The van der Waals surface area contributed by atoms with Gasteiger partial charge in [0, 0.05) is 7.05 Å². The Morgan fingerprint density at radius 1 is 1.24 bits per heavy atom. The van der Waals surface area contributed by atoms with E-state index in [-0.39, 0.29) is 0 Å². The summed E-state index contributed by atoms with van der Waals surface area (Å²) >= 11 is 2.11. The lowest BCUT2D eigenvalue weighted by atomic mass is 10.0. The number of benzene rings is 1. The number of hydrogen-bond donors (Lipinski definition) is 1. The number of esters is 1. The van der Waals surface area contributed by atoms with E-state index in [1.54, 1.807) is 39.0 Å². The van der Waals surface area contributed by atoms with E-state index < -0.39 is 35.7 Å². The van der Waals surface area contributed by atoms with Gasteiger partial charge in [-0.1, -0.05) is 6.07 Å². The first-order chi connectivity index (χ1) is 13.4. The molecule has 162 valence electrons. The molecule has 0 heterocycles. The molecule has 0 bridgehead atoms. The number of nitrogens with zero attached hydrogens (tertiary/aromatic N) is 1. The van der Waals surface area contributed by atoms with E-state index in [1.165, 1.54) is 26.0 Å². The lowest BCUT2D eigenvalue weighted by molar-refractivity contribution is -0.145. The first-order valence-corrected chi connectivity index (χ1v) is 10.2. The number of methoxy groups -OCH3 is 1. The van der Waals surface area contributed by atoms with Gasteiger partial charge in [0.2, 0.25) is 5.91 Å². The molecule has 0 aliphatic rings. The Balaban J connectivity index is 3.27. The molecule has 0 fully saturated rings. The normalized spacial score (nSPS) is 13.1. The van der Waals surface area contributed by atoms with E-state index >= 15 is 0 Å². The molecule has 0 saturated heterocycles. The molecule has 0 aromatic heterocycles. The number of hydrogen-bond acceptors (Lipinski definition) is 6. The number of halogens is 1. The summed E-state index contributed by atoms with van der Waals surface area (Å²) in [6, 6.07) is 3.33. The number of likely N-dealkylation sites (N-methyl/N-ethyl adjacent to an activating group) is 1. The van der Waals surface area contributed by atoms with Crippen LogP contribution < -0.4 is 10.1 Å². The third-order valence-corrected chi connectivity index (χ3v) is 4.65. The van der Waals surface area contributed by atoms with Gasteiger partial charge in [0.1, 0.15) is 23.4 Å². The zero-order valence-electron chi connectivity index (χ0n) is 17.9. The highest BCUT2D eigenvalue weighted by molar-refractivity contribution is 14.1. The summed E-state index contributed by atoms with van der Waals surface area (Å²) in [5.74, 6) is -0.437. The monoisotopic (exact) mass is 520 g/mol. The fourth-order valence-corrected chi connectivity index (χ4v) is 3.17. The smallest absolute Gasteiger partial charge is 0.410 e. The van der Waals surface area contributed by atoms with Crippen molar-refractivity contribution in [2.75, 3.05) is 20.8 Å². The quantitative estimate of drug-likeness (QED) is 0.438. The minimum atomic E-state index is -1.01. The molecule has 0 aliphatic carbocycles. The topological polar surface area (TPSA) is 94.2 Å². The average Bonchev–Trinajstić information content (AvgIpc) is 2.61. The van der Waals surface area contributed by atoms with Crippen molar-refractivity contribution in [3.8, 4) is 5.75 Å². The van der Waals surface area contributed by atoms with Gasteiger partial charge in [-0.2, -0.15) is 0 Å². The average molecular weight is 520 g/mol. The van der Waals surface area contributed by atoms with Crippen LogP contribution in [0.15, 0.2) is 18.2 Å². The molecule has 0 saturated carbocycles. The number of nitrogens with one attached hydrogen (secondary N) is 1. The summed E-state index contributed by atoms with van der Waals surface area (Å²) in [7, 11) is 2.72.